The lowest BCUT2D eigenvalue weighted by molar-refractivity contribution is -0.139. The Labute approximate surface area is 138 Å². The van der Waals surface area contributed by atoms with E-state index in [0.29, 0.717) is 6.54 Å². The lowest BCUT2D eigenvalue weighted by atomic mass is 10.1. The van der Waals surface area contributed by atoms with Crippen LogP contribution in [0.1, 0.15) is 25.5 Å². The van der Waals surface area contributed by atoms with Crippen molar-refractivity contribution in [2.45, 2.75) is 25.9 Å². The van der Waals surface area contributed by atoms with Crippen molar-refractivity contribution in [1.29, 1.82) is 0 Å². The van der Waals surface area contributed by atoms with Gasteiger partial charge < -0.3 is 20.4 Å². The Hall–Kier alpha value is -2.08. The molecule has 1 aromatic rings. The summed E-state index contributed by atoms with van der Waals surface area (Å²) in [6, 6.07) is 8.11. The van der Waals surface area contributed by atoms with E-state index in [9.17, 15) is 9.59 Å². The molecule has 0 heterocycles. The van der Waals surface area contributed by atoms with Gasteiger partial charge in [-0.2, -0.15) is 0 Å². The van der Waals surface area contributed by atoms with Crippen molar-refractivity contribution >= 4 is 17.5 Å². The molecule has 0 saturated carbocycles. The van der Waals surface area contributed by atoms with Gasteiger partial charge in [0.15, 0.2) is 0 Å². The third-order valence-corrected chi connectivity index (χ3v) is 3.50. The minimum atomic E-state index is -0.601. The number of hydrogen-bond acceptors (Lipinski definition) is 4. The van der Waals surface area contributed by atoms with Crippen molar-refractivity contribution in [3.05, 3.63) is 29.8 Å². The van der Waals surface area contributed by atoms with Gasteiger partial charge in [-0.25, -0.2) is 0 Å². The van der Waals surface area contributed by atoms with Crippen LogP contribution in [0.25, 0.3) is 0 Å². The van der Waals surface area contributed by atoms with Crippen LogP contribution in [-0.2, 0) is 9.59 Å². The third-order valence-electron chi connectivity index (χ3n) is 3.50. The molecule has 2 amide bonds. The second-order valence-corrected chi connectivity index (χ2v) is 6.30. The first-order valence-corrected chi connectivity index (χ1v) is 7.74. The van der Waals surface area contributed by atoms with Gasteiger partial charge in [0.05, 0.1) is 6.04 Å². The average molecular weight is 320 g/mol. The summed E-state index contributed by atoms with van der Waals surface area (Å²) in [7, 11) is 7.88. The Kier molecular flexibility index (Phi) is 7.03. The van der Waals surface area contributed by atoms with Crippen molar-refractivity contribution in [3.8, 4) is 0 Å². The van der Waals surface area contributed by atoms with Crippen LogP contribution in [0.4, 0.5) is 5.69 Å². The first-order chi connectivity index (χ1) is 10.7. The molecular formula is C17H28N4O2. The lowest BCUT2D eigenvalue weighted by Gasteiger charge is -2.25. The van der Waals surface area contributed by atoms with Crippen LogP contribution < -0.4 is 15.5 Å². The van der Waals surface area contributed by atoms with Gasteiger partial charge in [-0.15, -0.1) is 0 Å². The largest absolute Gasteiger partial charge is 0.378 e. The second-order valence-electron chi connectivity index (χ2n) is 6.30. The molecule has 0 radical (unpaired) electrons. The molecule has 0 spiro atoms. The summed E-state index contributed by atoms with van der Waals surface area (Å²) in [6.07, 6.45) is 0. The molecule has 1 rings (SSSR count). The molecule has 1 aromatic carbocycles. The normalized spacial score (nSPS) is 12.2. The van der Waals surface area contributed by atoms with Gasteiger partial charge in [-0.05, 0) is 45.6 Å². The molecule has 128 valence electrons. The van der Waals surface area contributed by atoms with E-state index >= 15 is 0 Å². The van der Waals surface area contributed by atoms with Gasteiger partial charge in [-0.3, -0.25) is 9.59 Å². The molecular weight excluding hydrogens is 292 g/mol. The highest BCUT2D eigenvalue weighted by molar-refractivity contribution is 6.35. The van der Waals surface area contributed by atoms with Crippen LogP contribution >= 0.6 is 0 Å². The SMILES string of the molecule is CC(C)NC(=O)C(=O)NC[C@H](c1ccc(N(C)C)cc1)N(C)C. The van der Waals surface area contributed by atoms with E-state index in [0.717, 1.165) is 11.3 Å². The first kappa shape index (κ1) is 19.0. The van der Waals surface area contributed by atoms with E-state index in [1.807, 2.05) is 76.1 Å². The van der Waals surface area contributed by atoms with E-state index in [1.165, 1.54) is 0 Å². The Bertz CT molecular complexity index is 524. The molecule has 0 aliphatic heterocycles. The van der Waals surface area contributed by atoms with Crippen LogP contribution in [0, 0.1) is 0 Å². The quantitative estimate of drug-likeness (QED) is 0.768. The minimum Gasteiger partial charge on any atom is -0.378 e. The van der Waals surface area contributed by atoms with Crippen molar-refractivity contribution in [3.63, 3.8) is 0 Å². The number of nitrogens with one attached hydrogen (secondary N) is 2. The predicted molar refractivity (Wildman–Crippen MR) is 93.5 cm³/mol. The summed E-state index contributed by atoms with van der Waals surface area (Å²) in [5, 5.41) is 5.29. The number of hydrogen-bond donors (Lipinski definition) is 2. The van der Waals surface area contributed by atoms with Crippen LogP contribution in [0.2, 0.25) is 0 Å². The maximum atomic E-state index is 11.8. The fourth-order valence-electron chi connectivity index (χ4n) is 2.19. The zero-order chi connectivity index (χ0) is 17.6. The lowest BCUT2D eigenvalue weighted by Crippen LogP contribution is -2.45. The van der Waals surface area contributed by atoms with Crippen molar-refractivity contribution in [1.82, 2.24) is 15.5 Å². The van der Waals surface area contributed by atoms with Crippen LogP contribution in [0.3, 0.4) is 0 Å². The van der Waals surface area contributed by atoms with E-state index in [2.05, 4.69) is 10.6 Å². The molecule has 0 bridgehead atoms. The smallest absolute Gasteiger partial charge is 0.309 e. The van der Waals surface area contributed by atoms with Gasteiger partial charge >= 0.3 is 11.8 Å². The summed E-state index contributed by atoms with van der Waals surface area (Å²) in [4.78, 5) is 27.5. The van der Waals surface area contributed by atoms with Gasteiger partial charge in [0.2, 0.25) is 0 Å². The first-order valence-electron chi connectivity index (χ1n) is 7.74. The Morgan fingerprint density at radius 1 is 1.00 bits per heavy atom. The zero-order valence-electron chi connectivity index (χ0n) is 14.9. The van der Waals surface area contributed by atoms with E-state index in [4.69, 9.17) is 0 Å². The average Bonchev–Trinajstić information content (AvgIpc) is 2.46. The van der Waals surface area contributed by atoms with E-state index in [-0.39, 0.29) is 12.1 Å². The molecule has 0 unspecified atom stereocenters. The number of carbonyl (C=O) groups excluding carboxylic acids is 2. The van der Waals surface area contributed by atoms with Gasteiger partial charge in [0.25, 0.3) is 0 Å². The number of carbonyl (C=O) groups is 2. The number of nitrogens with zero attached hydrogens (tertiary/aromatic N) is 2. The fourth-order valence-corrected chi connectivity index (χ4v) is 2.19. The zero-order valence-corrected chi connectivity index (χ0v) is 14.9. The molecule has 0 aliphatic carbocycles. The number of anilines is 1. The minimum absolute atomic E-state index is 0.00186. The summed E-state index contributed by atoms with van der Waals surface area (Å²) in [5.41, 5.74) is 2.21. The molecule has 2 N–H and O–H groups in total. The molecule has 6 heteroatoms. The van der Waals surface area contributed by atoms with Gasteiger partial charge in [-0.1, -0.05) is 12.1 Å². The monoisotopic (exact) mass is 320 g/mol. The predicted octanol–water partition coefficient (Wildman–Crippen LogP) is 0.996. The maximum absolute atomic E-state index is 11.8. The van der Waals surface area contributed by atoms with Crippen molar-refractivity contribution < 1.29 is 9.59 Å². The van der Waals surface area contributed by atoms with Crippen molar-refractivity contribution in [2.75, 3.05) is 39.6 Å². The number of rotatable bonds is 6. The standard InChI is InChI=1S/C17H28N4O2/c1-12(2)19-17(23)16(22)18-11-15(21(5)6)13-7-9-14(10-8-13)20(3)4/h7-10,12,15H,11H2,1-6H3,(H,18,22)(H,19,23)/t15-/m1/s1. The van der Waals surface area contributed by atoms with Gasteiger partial charge in [0.1, 0.15) is 0 Å². The number of likely N-dealkylation sites (N-methyl/N-ethyl adjacent to an activating group) is 1. The molecule has 0 aliphatic rings. The second kappa shape index (κ2) is 8.53. The van der Waals surface area contributed by atoms with Crippen molar-refractivity contribution in [2.24, 2.45) is 0 Å². The highest BCUT2D eigenvalue weighted by Gasteiger charge is 2.19. The Morgan fingerprint density at radius 3 is 2.00 bits per heavy atom. The third kappa shape index (κ3) is 5.90. The Balaban J connectivity index is 2.72. The molecule has 1 atom stereocenters. The molecule has 0 aromatic heterocycles. The fraction of sp³-hybridized carbons (Fsp3) is 0.529. The summed E-state index contributed by atoms with van der Waals surface area (Å²) < 4.78 is 0. The summed E-state index contributed by atoms with van der Waals surface area (Å²) >= 11 is 0. The number of benzene rings is 1. The number of amides is 2. The molecule has 0 saturated heterocycles. The van der Waals surface area contributed by atoms with Gasteiger partial charge in [0, 0.05) is 32.4 Å². The molecule has 23 heavy (non-hydrogen) atoms. The Morgan fingerprint density at radius 2 is 1.57 bits per heavy atom. The molecule has 0 fully saturated rings. The summed E-state index contributed by atoms with van der Waals surface area (Å²) in [5.74, 6) is -1.20. The topological polar surface area (TPSA) is 64.7 Å². The van der Waals surface area contributed by atoms with Crippen LogP contribution in [-0.4, -0.2) is 57.5 Å². The maximum Gasteiger partial charge on any atom is 0.309 e. The highest BCUT2D eigenvalue weighted by Crippen LogP contribution is 2.20. The highest BCUT2D eigenvalue weighted by atomic mass is 16.2. The summed E-state index contributed by atoms with van der Waals surface area (Å²) in [6.45, 7) is 4.01. The van der Waals surface area contributed by atoms with E-state index < -0.39 is 11.8 Å². The van der Waals surface area contributed by atoms with Crippen LogP contribution in [0.15, 0.2) is 24.3 Å². The van der Waals surface area contributed by atoms with E-state index in [1.54, 1.807) is 0 Å². The van der Waals surface area contributed by atoms with Crippen LogP contribution in [0.5, 0.6) is 0 Å². The molecule has 6 nitrogen and oxygen atoms in total.